The van der Waals surface area contributed by atoms with Crippen molar-refractivity contribution in [3.63, 3.8) is 0 Å². The Morgan fingerprint density at radius 3 is 2.63 bits per heavy atom. The van der Waals surface area contributed by atoms with Gasteiger partial charge in [0, 0.05) is 30.2 Å². The van der Waals surface area contributed by atoms with Gasteiger partial charge in [-0.3, -0.25) is 0 Å². The monoisotopic (exact) mass is 253 g/mol. The van der Waals surface area contributed by atoms with Crippen LogP contribution in [0.5, 0.6) is 0 Å². The summed E-state index contributed by atoms with van der Waals surface area (Å²) in [7, 11) is 0. The number of aromatic nitrogens is 4. The van der Waals surface area contributed by atoms with E-state index in [1.807, 2.05) is 12.1 Å². The highest BCUT2D eigenvalue weighted by Crippen LogP contribution is 2.20. The number of pyridine rings is 1. The van der Waals surface area contributed by atoms with Crippen molar-refractivity contribution in [1.82, 2.24) is 19.5 Å². The second-order valence-corrected chi connectivity index (χ2v) is 4.36. The number of nitrogens with two attached hydrogens (primary N) is 1. The Morgan fingerprint density at radius 1 is 1.05 bits per heavy atom. The lowest BCUT2D eigenvalue weighted by atomic mass is 10.2. The van der Waals surface area contributed by atoms with Crippen LogP contribution in [0.4, 0.5) is 0 Å². The van der Waals surface area contributed by atoms with Crippen LogP contribution in [0, 0.1) is 0 Å². The van der Waals surface area contributed by atoms with Crippen LogP contribution in [-0.2, 0) is 13.0 Å². The first-order chi connectivity index (χ1) is 9.38. The summed E-state index contributed by atoms with van der Waals surface area (Å²) >= 11 is 0. The van der Waals surface area contributed by atoms with E-state index in [4.69, 9.17) is 5.73 Å². The van der Waals surface area contributed by atoms with Crippen molar-refractivity contribution in [2.75, 3.05) is 6.54 Å². The molecule has 5 heteroatoms. The summed E-state index contributed by atoms with van der Waals surface area (Å²) in [6.45, 7) is 1.26. The predicted octanol–water partition coefficient (Wildman–Crippen LogP) is 1.38. The quantitative estimate of drug-likeness (QED) is 0.762. The number of fused-ring (bicyclic) bond motifs is 1. The van der Waals surface area contributed by atoms with Crippen molar-refractivity contribution in [2.24, 2.45) is 5.73 Å². The maximum absolute atomic E-state index is 5.66. The highest BCUT2D eigenvalue weighted by atomic mass is 15.1. The maximum Gasteiger partial charge on any atom is 0.147 e. The van der Waals surface area contributed by atoms with Crippen molar-refractivity contribution < 1.29 is 0 Å². The predicted molar refractivity (Wildman–Crippen MR) is 73.6 cm³/mol. The van der Waals surface area contributed by atoms with Crippen LogP contribution < -0.4 is 5.73 Å². The second kappa shape index (κ2) is 5.16. The standard InChI is InChI=1S/C14H15N5/c15-5-4-11-9-19(10-13-16-7-2-8-17-13)14-12(11)3-1-6-18-14/h1-3,6-9H,4-5,10,15H2. The molecule has 0 aromatic carbocycles. The maximum atomic E-state index is 5.66. The van der Waals surface area contributed by atoms with Gasteiger partial charge in [-0.2, -0.15) is 0 Å². The SMILES string of the molecule is NCCc1cn(Cc2ncccn2)c2ncccc12. The van der Waals surface area contributed by atoms with E-state index in [9.17, 15) is 0 Å². The van der Waals surface area contributed by atoms with E-state index < -0.39 is 0 Å². The van der Waals surface area contributed by atoms with Crippen molar-refractivity contribution in [1.29, 1.82) is 0 Å². The summed E-state index contributed by atoms with van der Waals surface area (Å²) < 4.78 is 2.08. The van der Waals surface area contributed by atoms with Gasteiger partial charge in [-0.15, -0.1) is 0 Å². The summed E-state index contributed by atoms with van der Waals surface area (Å²) in [6.07, 6.45) is 8.26. The molecule has 0 fully saturated rings. The molecule has 0 spiro atoms. The van der Waals surface area contributed by atoms with Crippen LogP contribution in [0.15, 0.2) is 43.0 Å². The topological polar surface area (TPSA) is 69.6 Å². The van der Waals surface area contributed by atoms with E-state index in [1.54, 1.807) is 18.6 Å². The largest absolute Gasteiger partial charge is 0.330 e. The van der Waals surface area contributed by atoms with Crippen LogP contribution >= 0.6 is 0 Å². The second-order valence-electron chi connectivity index (χ2n) is 4.36. The molecular weight excluding hydrogens is 238 g/mol. The molecule has 0 radical (unpaired) electrons. The highest BCUT2D eigenvalue weighted by molar-refractivity contribution is 5.80. The van der Waals surface area contributed by atoms with Gasteiger partial charge in [-0.05, 0) is 36.7 Å². The van der Waals surface area contributed by atoms with E-state index >= 15 is 0 Å². The fourth-order valence-electron chi connectivity index (χ4n) is 2.23. The number of hydrogen-bond acceptors (Lipinski definition) is 4. The molecule has 2 N–H and O–H groups in total. The third-order valence-electron chi connectivity index (χ3n) is 3.06. The number of hydrogen-bond donors (Lipinski definition) is 1. The molecule has 0 aliphatic rings. The molecule has 3 aromatic heterocycles. The molecule has 3 aromatic rings. The van der Waals surface area contributed by atoms with Crippen molar-refractivity contribution >= 4 is 11.0 Å². The summed E-state index contributed by atoms with van der Waals surface area (Å²) in [6, 6.07) is 5.84. The van der Waals surface area contributed by atoms with Crippen molar-refractivity contribution in [2.45, 2.75) is 13.0 Å². The van der Waals surface area contributed by atoms with Gasteiger partial charge in [0.05, 0.1) is 6.54 Å². The summed E-state index contributed by atoms with van der Waals surface area (Å²) in [5.41, 5.74) is 7.84. The lowest BCUT2D eigenvalue weighted by molar-refractivity contribution is 0.759. The molecule has 0 unspecified atom stereocenters. The Kier molecular flexibility index (Phi) is 3.20. The van der Waals surface area contributed by atoms with E-state index in [0.29, 0.717) is 13.1 Å². The molecule has 96 valence electrons. The third kappa shape index (κ3) is 2.32. The zero-order valence-electron chi connectivity index (χ0n) is 10.5. The van der Waals surface area contributed by atoms with Crippen molar-refractivity contribution in [3.05, 3.63) is 54.4 Å². The lowest BCUT2D eigenvalue weighted by Gasteiger charge is -2.02. The smallest absolute Gasteiger partial charge is 0.147 e. The fraction of sp³-hybridized carbons (Fsp3) is 0.214. The zero-order valence-corrected chi connectivity index (χ0v) is 10.5. The fourth-order valence-corrected chi connectivity index (χ4v) is 2.23. The Labute approximate surface area is 111 Å². The van der Waals surface area contributed by atoms with Crippen LogP contribution in [0.2, 0.25) is 0 Å². The molecule has 0 aliphatic carbocycles. The Hall–Kier alpha value is -2.27. The first-order valence-corrected chi connectivity index (χ1v) is 6.27. The van der Waals surface area contributed by atoms with E-state index in [1.165, 1.54) is 5.56 Å². The molecule has 0 aliphatic heterocycles. The average molecular weight is 253 g/mol. The van der Waals surface area contributed by atoms with Gasteiger partial charge in [-0.25, -0.2) is 15.0 Å². The van der Waals surface area contributed by atoms with Gasteiger partial charge in [0.1, 0.15) is 11.5 Å². The Balaban J connectivity index is 2.03. The zero-order chi connectivity index (χ0) is 13.1. The normalized spacial score (nSPS) is 11.0. The highest BCUT2D eigenvalue weighted by Gasteiger charge is 2.09. The first kappa shape index (κ1) is 11.8. The van der Waals surface area contributed by atoms with Crippen molar-refractivity contribution in [3.8, 4) is 0 Å². The number of rotatable bonds is 4. The summed E-state index contributed by atoms with van der Waals surface area (Å²) in [5.74, 6) is 0.782. The third-order valence-corrected chi connectivity index (χ3v) is 3.06. The van der Waals surface area contributed by atoms with Gasteiger partial charge in [0.25, 0.3) is 0 Å². The molecule has 0 saturated heterocycles. The average Bonchev–Trinajstić information content (AvgIpc) is 2.79. The molecule has 0 amide bonds. The number of nitrogens with zero attached hydrogens (tertiary/aromatic N) is 4. The minimum Gasteiger partial charge on any atom is -0.330 e. The van der Waals surface area contributed by atoms with E-state index in [0.717, 1.165) is 23.3 Å². The lowest BCUT2D eigenvalue weighted by Crippen LogP contribution is -2.04. The molecule has 3 heterocycles. The summed E-state index contributed by atoms with van der Waals surface area (Å²) in [5, 5.41) is 1.16. The summed E-state index contributed by atoms with van der Waals surface area (Å²) in [4.78, 5) is 13.0. The van der Waals surface area contributed by atoms with Crippen LogP contribution in [0.25, 0.3) is 11.0 Å². The van der Waals surface area contributed by atoms with Gasteiger partial charge in [-0.1, -0.05) is 0 Å². The van der Waals surface area contributed by atoms with E-state index in [2.05, 4.69) is 31.8 Å². The molecular formula is C14H15N5. The van der Waals surface area contributed by atoms with Crippen LogP contribution in [0.1, 0.15) is 11.4 Å². The van der Waals surface area contributed by atoms with Gasteiger partial charge < -0.3 is 10.3 Å². The van der Waals surface area contributed by atoms with Gasteiger partial charge in [0.2, 0.25) is 0 Å². The first-order valence-electron chi connectivity index (χ1n) is 6.27. The Morgan fingerprint density at radius 2 is 1.84 bits per heavy atom. The van der Waals surface area contributed by atoms with Gasteiger partial charge in [0.15, 0.2) is 0 Å². The minimum absolute atomic E-state index is 0.624. The van der Waals surface area contributed by atoms with Crippen LogP contribution in [0.3, 0.4) is 0 Å². The van der Waals surface area contributed by atoms with E-state index in [-0.39, 0.29) is 0 Å². The molecule has 3 rings (SSSR count). The molecule has 0 bridgehead atoms. The molecule has 5 nitrogen and oxygen atoms in total. The molecule has 19 heavy (non-hydrogen) atoms. The molecule has 0 saturated carbocycles. The van der Waals surface area contributed by atoms with Crippen LogP contribution in [-0.4, -0.2) is 26.1 Å². The Bertz CT molecular complexity index is 675. The molecule has 0 atom stereocenters. The van der Waals surface area contributed by atoms with Gasteiger partial charge >= 0.3 is 0 Å². The minimum atomic E-state index is 0.624.